The van der Waals surface area contributed by atoms with Gasteiger partial charge in [0.25, 0.3) is 5.91 Å². The number of halogens is 1. The number of methoxy groups -OCH3 is 1. The molecule has 0 saturated carbocycles. The van der Waals surface area contributed by atoms with E-state index in [1.165, 1.54) is 18.7 Å². The molecule has 4 nitrogen and oxygen atoms in total. The Morgan fingerprint density at radius 1 is 1.09 bits per heavy atom. The monoisotopic (exact) mass is 331 g/mol. The number of esters is 1. The predicted molar refractivity (Wildman–Crippen MR) is 91.2 cm³/mol. The van der Waals surface area contributed by atoms with Gasteiger partial charge in [-0.1, -0.05) is 37.1 Å². The molecule has 0 bridgehead atoms. The topological polar surface area (TPSA) is 55.4 Å². The van der Waals surface area contributed by atoms with Crippen molar-refractivity contribution < 1.29 is 14.3 Å². The van der Waals surface area contributed by atoms with Crippen LogP contribution >= 0.6 is 11.6 Å². The molecule has 0 aromatic heterocycles. The first-order chi connectivity index (χ1) is 11.0. The van der Waals surface area contributed by atoms with Crippen molar-refractivity contribution >= 4 is 29.2 Å². The maximum absolute atomic E-state index is 12.3. The minimum atomic E-state index is -0.485. The lowest BCUT2D eigenvalue weighted by molar-refractivity contribution is 0.0600. The molecule has 120 valence electrons. The largest absolute Gasteiger partial charge is 0.465 e. The number of benzene rings is 2. The number of ether oxygens (including phenoxy) is 1. The van der Waals surface area contributed by atoms with Crippen LogP contribution in [0.25, 0.3) is 0 Å². The first-order valence-electron chi connectivity index (χ1n) is 7.33. The SMILES string of the molecule is CCCc1ccc(C(=O)Nc2cc(C(=O)OC)ccc2Cl)cc1. The van der Waals surface area contributed by atoms with Crippen LogP contribution in [-0.4, -0.2) is 19.0 Å². The number of aryl methyl sites for hydroxylation is 1. The Hall–Kier alpha value is -2.33. The van der Waals surface area contributed by atoms with E-state index in [4.69, 9.17) is 11.6 Å². The lowest BCUT2D eigenvalue weighted by Gasteiger charge is -2.09. The Morgan fingerprint density at radius 3 is 2.35 bits per heavy atom. The first kappa shape index (κ1) is 17.0. The molecule has 1 amide bonds. The highest BCUT2D eigenvalue weighted by Gasteiger charge is 2.12. The summed E-state index contributed by atoms with van der Waals surface area (Å²) in [7, 11) is 1.30. The van der Waals surface area contributed by atoms with Crippen molar-refractivity contribution in [3.63, 3.8) is 0 Å². The minimum absolute atomic E-state index is 0.281. The number of hydrogen-bond acceptors (Lipinski definition) is 3. The van der Waals surface area contributed by atoms with Gasteiger partial charge in [0.2, 0.25) is 0 Å². The first-order valence-corrected chi connectivity index (χ1v) is 7.71. The third-order valence-electron chi connectivity index (χ3n) is 3.39. The van der Waals surface area contributed by atoms with Crippen molar-refractivity contribution in [3.05, 3.63) is 64.2 Å². The summed E-state index contributed by atoms with van der Waals surface area (Å²) in [5.41, 5.74) is 2.42. The fourth-order valence-corrected chi connectivity index (χ4v) is 2.34. The molecule has 1 N–H and O–H groups in total. The van der Waals surface area contributed by atoms with Gasteiger partial charge in [-0.05, 0) is 42.3 Å². The highest BCUT2D eigenvalue weighted by Crippen LogP contribution is 2.24. The molecule has 0 heterocycles. The third kappa shape index (κ3) is 4.33. The molecule has 0 aliphatic heterocycles. The van der Waals surface area contributed by atoms with E-state index < -0.39 is 5.97 Å². The number of hydrogen-bond donors (Lipinski definition) is 1. The predicted octanol–water partition coefficient (Wildman–Crippen LogP) is 4.33. The molecular formula is C18H18ClNO3. The van der Waals surface area contributed by atoms with Crippen molar-refractivity contribution in [1.29, 1.82) is 0 Å². The second-order valence-electron chi connectivity index (χ2n) is 5.09. The molecule has 2 aromatic carbocycles. The van der Waals surface area contributed by atoms with Crippen LogP contribution in [0.4, 0.5) is 5.69 Å². The van der Waals surface area contributed by atoms with Gasteiger partial charge >= 0.3 is 5.97 Å². The highest BCUT2D eigenvalue weighted by molar-refractivity contribution is 6.34. The second-order valence-corrected chi connectivity index (χ2v) is 5.49. The fourth-order valence-electron chi connectivity index (χ4n) is 2.17. The Balaban J connectivity index is 2.17. The lowest BCUT2D eigenvalue weighted by Crippen LogP contribution is -2.13. The van der Waals surface area contributed by atoms with Crippen molar-refractivity contribution in [2.75, 3.05) is 12.4 Å². The van der Waals surface area contributed by atoms with E-state index in [2.05, 4.69) is 17.0 Å². The zero-order chi connectivity index (χ0) is 16.8. The standard InChI is InChI=1S/C18H18ClNO3/c1-3-4-12-5-7-13(8-6-12)17(21)20-16-11-14(18(22)23-2)9-10-15(16)19/h5-11H,3-4H2,1-2H3,(H,20,21). The van der Waals surface area contributed by atoms with Gasteiger partial charge < -0.3 is 10.1 Å². The summed E-state index contributed by atoms with van der Waals surface area (Å²) in [5, 5.41) is 3.07. The summed E-state index contributed by atoms with van der Waals surface area (Å²) in [5.74, 6) is -0.766. The number of carbonyl (C=O) groups excluding carboxylic acids is 2. The van der Waals surface area contributed by atoms with Crippen LogP contribution in [0.5, 0.6) is 0 Å². The molecular weight excluding hydrogens is 314 g/mol. The van der Waals surface area contributed by atoms with E-state index in [1.807, 2.05) is 12.1 Å². The average Bonchev–Trinajstić information content (AvgIpc) is 2.57. The van der Waals surface area contributed by atoms with E-state index in [9.17, 15) is 9.59 Å². The maximum atomic E-state index is 12.3. The summed E-state index contributed by atoms with van der Waals surface area (Å²) in [4.78, 5) is 23.9. The quantitative estimate of drug-likeness (QED) is 0.829. The van der Waals surface area contributed by atoms with Crippen LogP contribution in [-0.2, 0) is 11.2 Å². The van der Waals surface area contributed by atoms with Crippen LogP contribution in [0.3, 0.4) is 0 Å². The molecule has 0 atom stereocenters. The number of nitrogens with one attached hydrogen (secondary N) is 1. The molecule has 0 aliphatic rings. The highest BCUT2D eigenvalue weighted by atomic mass is 35.5. The molecule has 5 heteroatoms. The maximum Gasteiger partial charge on any atom is 0.337 e. The molecule has 2 aromatic rings. The summed E-state index contributed by atoms with van der Waals surface area (Å²) in [6.07, 6.45) is 2.04. The minimum Gasteiger partial charge on any atom is -0.465 e. The molecule has 0 radical (unpaired) electrons. The van der Waals surface area contributed by atoms with Crippen molar-refractivity contribution in [1.82, 2.24) is 0 Å². The van der Waals surface area contributed by atoms with Crippen molar-refractivity contribution in [2.45, 2.75) is 19.8 Å². The number of amides is 1. The summed E-state index contributed by atoms with van der Waals surface area (Å²) < 4.78 is 4.66. The molecule has 0 fully saturated rings. The summed E-state index contributed by atoms with van der Waals surface area (Å²) in [6.45, 7) is 2.11. The number of rotatable bonds is 5. The van der Waals surface area contributed by atoms with Crippen LogP contribution in [0.15, 0.2) is 42.5 Å². The van der Waals surface area contributed by atoms with Gasteiger partial charge in [0, 0.05) is 5.56 Å². The zero-order valence-corrected chi connectivity index (χ0v) is 13.8. The van der Waals surface area contributed by atoms with Gasteiger partial charge in [-0.2, -0.15) is 0 Å². The number of anilines is 1. The second kappa shape index (κ2) is 7.79. The van der Waals surface area contributed by atoms with Crippen LogP contribution < -0.4 is 5.32 Å². The Labute approximate surface area is 140 Å². The average molecular weight is 332 g/mol. The Bertz CT molecular complexity index is 711. The van der Waals surface area contributed by atoms with Crippen molar-refractivity contribution in [3.8, 4) is 0 Å². The zero-order valence-electron chi connectivity index (χ0n) is 13.1. The molecule has 0 unspecified atom stereocenters. The molecule has 0 spiro atoms. The van der Waals surface area contributed by atoms with Gasteiger partial charge in [-0.25, -0.2) is 4.79 Å². The number of carbonyl (C=O) groups is 2. The molecule has 2 rings (SSSR count). The molecule has 0 saturated heterocycles. The van der Waals surface area contributed by atoms with Crippen LogP contribution in [0.2, 0.25) is 5.02 Å². The van der Waals surface area contributed by atoms with E-state index in [0.29, 0.717) is 21.8 Å². The summed E-state index contributed by atoms with van der Waals surface area (Å²) >= 11 is 6.08. The van der Waals surface area contributed by atoms with Crippen molar-refractivity contribution in [2.24, 2.45) is 0 Å². The van der Waals surface area contributed by atoms with Gasteiger partial charge in [0.15, 0.2) is 0 Å². The van der Waals surface area contributed by atoms with Gasteiger partial charge in [0.1, 0.15) is 0 Å². The van der Waals surface area contributed by atoms with Gasteiger partial charge in [-0.3, -0.25) is 4.79 Å². The van der Waals surface area contributed by atoms with E-state index in [0.717, 1.165) is 12.8 Å². The molecule has 0 aliphatic carbocycles. The van der Waals surface area contributed by atoms with Gasteiger partial charge in [0.05, 0.1) is 23.4 Å². The lowest BCUT2D eigenvalue weighted by atomic mass is 10.1. The van der Waals surface area contributed by atoms with Crippen LogP contribution in [0.1, 0.15) is 39.6 Å². The van der Waals surface area contributed by atoms with E-state index in [1.54, 1.807) is 24.3 Å². The van der Waals surface area contributed by atoms with Gasteiger partial charge in [-0.15, -0.1) is 0 Å². The third-order valence-corrected chi connectivity index (χ3v) is 3.72. The Kier molecular flexibility index (Phi) is 5.77. The van der Waals surface area contributed by atoms with Crippen LogP contribution in [0, 0.1) is 0 Å². The smallest absolute Gasteiger partial charge is 0.337 e. The summed E-state index contributed by atoms with van der Waals surface area (Å²) in [6, 6.07) is 12.0. The Morgan fingerprint density at radius 2 is 1.74 bits per heavy atom. The molecule has 23 heavy (non-hydrogen) atoms. The van der Waals surface area contributed by atoms with E-state index >= 15 is 0 Å². The normalized spacial score (nSPS) is 10.2. The fraction of sp³-hybridized carbons (Fsp3) is 0.222. The van der Waals surface area contributed by atoms with E-state index in [-0.39, 0.29) is 5.91 Å².